The highest BCUT2D eigenvalue weighted by molar-refractivity contribution is 7.80. The summed E-state index contributed by atoms with van der Waals surface area (Å²) in [7, 11) is 0. The van der Waals surface area contributed by atoms with Crippen molar-refractivity contribution in [3.8, 4) is 5.75 Å². The molecule has 0 aromatic heterocycles. The molecule has 0 aliphatic rings. The van der Waals surface area contributed by atoms with Gasteiger partial charge in [0.05, 0.1) is 6.10 Å². The maximum atomic E-state index is 13.1. The van der Waals surface area contributed by atoms with E-state index in [9.17, 15) is 14.6 Å². The molecule has 0 bridgehead atoms. The summed E-state index contributed by atoms with van der Waals surface area (Å²) in [6.07, 6.45) is -2.45. The highest BCUT2D eigenvalue weighted by Gasteiger charge is 2.20. The molecule has 0 saturated heterocycles. The zero-order chi connectivity index (χ0) is 10.7. The molecule has 1 aromatic rings. The number of phenols is 1. The predicted octanol–water partition coefficient (Wildman–Crippen LogP) is 0.855. The van der Waals surface area contributed by atoms with Gasteiger partial charge in [-0.25, -0.2) is 4.39 Å². The lowest BCUT2D eigenvalue weighted by molar-refractivity contribution is 0.0314. The largest absolute Gasteiger partial charge is 0.508 e. The number of aliphatic hydroxyl groups is 2. The van der Waals surface area contributed by atoms with E-state index < -0.39 is 18.0 Å². The van der Waals surface area contributed by atoms with Crippen LogP contribution in [-0.4, -0.2) is 27.2 Å². The zero-order valence-corrected chi connectivity index (χ0v) is 8.16. The van der Waals surface area contributed by atoms with Gasteiger partial charge in [0.25, 0.3) is 0 Å². The fourth-order valence-electron chi connectivity index (χ4n) is 1.06. The summed E-state index contributed by atoms with van der Waals surface area (Å²) >= 11 is 3.78. The van der Waals surface area contributed by atoms with Gasteiger partial charge in [-0.1, -0.05) is 0 Å². The molecule has 2 atom stereocenters. The fraction of sp³-hybridized carbons (Fsp3) is 0.333. The first-order valence-corrected chi connectivity index (χ1v) is 4.65. The van der Waals surface area contributed by atoms with Gasteiger partial charge in [0.1, 0.15) is 17.7 Å². The van der Waals surface area contributed by atoms with Crippen molar-refractivity contribution in [1.29, 1.82) is 0 Å². The Kier molecular flexibility index (Phi) is 3.74. The predicted molar refractivity (Wildman–Crippen MR) is 52.9 cm³/mol. The number of phenolic OH excluding ortho intramolecular Hbond substituents is 1. The Morgan fingerprint density at radius 1 is 1.36 bits per heavy atom. The van der Waals surface area contributed by atoms with E-state index in [0.717, 1.165) is 6.07 Å². The van der Waals surface area contributed by atoms with E-state index in [2.05, 4.69) is 12.6 Å². The number of hydrogen-bond acceptors (Lipinski definition) is 4. The second-order valence-electron chi connectivity index (χ2n) is 2.90. The summed E-state index contributed by atoms with van der Waals surface area (Å²) < 4.78 is 13.1. The Morgan fingerprint density at radius 3 is 2.50 bits per heavy atom. The van der Waals surface area contributed by atoms with E-state index in [1.165, 1.54) is 12.1 Å². The van der Waals surface area contributed by atoms with Crippen molar-refractivity contribution in [2.45, 2.75) is 12.2 Å². The number of aliphatic hydroxyl groups excluding tert-OH is 2. The number of benzene rings is 1. The Labute approximate surface area is 86.2 Å². The number of rotatable bonds is 3. The summed E-state index contributed by atoms with van der Waals surface area (Å²) in [5.41, 5.74) is -0.0515. The van der Waals surface area contributed by atoms with Crippen LogP contribution in [0.1, 0.15) is 11.7 Å². The van der Waals surface area contributed by atoms with Crippen LogP contribution in [0.15, 0.2) is 18.2 Å². The van der Waals surface area contributed by atoms with Crippen molar-refractivity contribution in [2.75, 3.05) is 5.75 Å². The molecule has 5 heteroatoms. The average molecular weight is 218 g/mol. The van der Waals surface area contributed by atoms with Crippen molar-refractivity contribution in [2.24, 2.45) is 0 Å². The van der Waals surface area contributed by atoms with Gasteiger partial charge in [-0.2, -0.15) is 12.6 Å². The summed E-state index contributed by atoms with van der Waals surface area (Å²) in [4.78, 5) is 0. The Balaban J connectivity index is 2.95. The van der Waals surface area contributed by atoms with Gasteiger partial charge in [0, 0.05) is 17.4 Å². The Hall–Kier alpha value is -0.780. The molecule has 1 aromatic carbocycles. The SMILES string of the molecule is Oc1ccc(C(O)C(O)CS)c(F)c1. The van der Waals surface area contributed by atoms with Gasteiger partial charge in [-0.05, 0) is 12.1 Å². The number of hydrogen-bond donors (Lipinski definition) is 4. The normalized spacial score (nSPS) is 15.1. The Morgan fingerprint density at radius 2 is 2.00 bits per heavy atom. The van der Waals surface area contributed by atoms with Crippen LogP contribution < -0.4 is 0 Å². The van der Waals surface area contributed by atoms with Crippen molar-refractivity contribution in [1.82, 2.24) is 0 Å². The molecule has 0 radical (unpaired) electrons. The monoisotopic (exact) mass is 218 g/mol. The second kappa shape index (κ2) is 4.63. The van der Waals surface area contributed by atoms with Crippen LogP contribution in [0.4, 0.5) is 4.39 Å². The van der Waals surface area contributed by atoms with E-state index >= 15 is 0 Å². The van der Waals surface area contributed by atoms with Crippen LogP contribution in [0.3, 0.4) is 0 Å². The number of aromatic hydroxyl groups is 1. The molecule has 78 valence electrons. The molecule has 0 amide bonds. The molecule has 0 spiro atoms. The number of halogens is 1. The average Bonchev–Trinajstić information content (AvgIpc) is 2.15. The number of thiol groups is 1. The van der Waals surface area contributed by atoms with Gasteiger partial charge in [0.2, 0.25) is 0 Å². The van der Waals surface area contributed by atoms with Crippen LogP contribution in [0.5, 0.6) is 5.75 Å². The molecule has 0 fully saturated rings. The summed E-state index contributed by atoms with van der Waals surface area (Å²) in [6, 6.07) is 3.35. The molecule has 3 nitrogen and oxygen atoms in total. The molecule has 0 aliphatic carbocycles. The van der Waals surface area contributed by atoms with E-state index in [1.54, 1.807) is 0 Å². The molecule has 1 rings (SSSR count). The smallest absolute Gasteiger partial charge is 0.132 e. The zero-order valence-electron chi connectivity index (χ0n) is 7.26. The summed E-state index contributed by atoms with van der Waals surface area (Å²) in [5, 5.41) is 27.6. The van der Waals surface area contributed by atoms with Gasteiger partial charge >= 0.3 is 0 Å². The highest BCUT2D eigenvalue weighted by Crippen LogP contribution is 2.23. The van der Waals surface area contributed by atoms with Crippen molar-refractivity contribution in [3.05, 3.63) is 29.6 Å². The third-order valence-corrected chi connectivity index (χ3v) is 2.23. The topological polar surface area (TPSA) is 60.7 Å². The quantitative estimate of drug-likeness (QED) is 0.569. The molecule has 3 N–H and O–H groups in total. The van der Waals surface area contributed by atoms with E-state index in [-0.39, 0.29) is 17.1 Å². The van der Waals surface area contributed by atoms with E-state index in [1.807, 2.05) is 0 Å². The van der Waals surface area contributed by atoms with Crippen LogP contribution in [0.25, 0.3) is 0 Å². The lowest BCUT2D eigenvalue weighted by atomic mass is 10.0. The first-order chi connectivity index (χ1) is 6.56. The van der Waals surface area contributed by atoms with Gasteiger partial charge in [-0.15, -0.1) is 0 Å². The molecule has 0 saturated carbocycles. The minimum Gasteiger partial charge on any atom is -0.508 e. The standard InChI is InChI=1S/C9H11FO3S/c10-7-3-5(11)1-2-6(7)9(13)8(12)4-14/h1-3,8-9,11-14H,4H2. The highest BCUT2D eigenvalue weighted by atomic mass is 32.1. The maximum absolute atomic E-state index is 13.1. The second-order valence-corrected chi connectivity index (χ2v) is 3.27. The van der Waals surface area contributed by atoms with E-state index in [0.29, 0.717) is 0 Å². The van der Waals surface area contributed by atoms with Crippen molar-refractivity contribution < 1.29 is 19.7 Å². The molecule has 14 heavy (non-hydrogen) atoms. The molecule has 0 heterocycles. The third kappa shape index (κ3) is 2.37. The van der Waals surface area contributed by atoms with Crippen LogP contribution >= 0.6 is 12.6 Å². The van der Waals surface area contributed by atoms with Crippen molar-refractivity contribution >= 4 is 12.6 Å². The molecular formula is C9H11FO3S. The lowest BCUT2D eigenvalue weighted by Gasteiger charge is -2.16. The lowest BCUT2D eigenvalue weighted by Crippen LogP contribution is -2.20. The minimum atomic E-state index is -1.33. The maximum Gasteiger partial charge on any atom is 0.132 e. The fourth-order valence-corrected chi connectivity index (χ4v) is 1.26. The Bertz CT molecular complexity index is 319. The molecule has 2 unspecified atom stereocenters. The summed E-state index contributed by atoms with van der Waals surface area (Å²) in [5.74, 6) is -0.946. The first kappa shape index (κ1) is 11.3. The minimum absolute atomic E-state index is 0.0292. The van der Waals surface area contributed by atoms with Gasteiger partial charge in [0.15, 0.2) is 0 Å². The third-order valence-electron chi connectivity index (χ3n) is 1.85. The van der Waals surface area contributed by atoms with E-state index in [4.69, 9.17) is 5.11 Å². The van der Waals surface area contributed by atoms with Crippen LogP contribution in [-0.2, 0) is 0 Å². The van der Waals surface area contributed by atoms with Gasteiger partial charge in [-0.3, -0.25) is 0 Å². The van der Waals surface area contributed by atoms with Crippen molar-refractivity contribution in [3.63, 3.8) is 0 Å². The van der Waals surface area contributed by atoms with Crippen LogP contribution in [0.2, 0.25) is 0 Å². The molecule has 0 aliphatic heterocycles. The van der Waals surface area contributed by atoms with Gasteiger partial charge < -0.3 is 15.3 Å². The molecular weight excluding hydrogens is 207 g/mol. The van der Waals surface area contributed by atoms with Crippen LogP contribution in [0, 0.1) is 5.82 Å². The first-order valence-electron chi connectivity index (χ1n) is 4.01. The summed E-state index contributed by atoms with van der Waals surface area (Å²) in [6.45, 7) is 0.